The molecule has 0 aromatic rings. The molecule has 0 saturated heterocycles. The SMILES string of the molecule is C=C(O)CN(C)C(=N)N. The van der Waals surface area contributed by atoms with Gasteiger partial charge >= 0.3 is 0 Å². The quantitative estimate of drug-likeness (QED) is 0.276. The van der Waals surface area contributed by atoms with Crippen molar-refractivity contribution < 1.29 is 5.11 Å². The summed E-state index contributed by atoms with van der Waals surface area (Å²) >= 11 is 0. The molecule has 0 aromatic carbocycles. The number of likely N-dealkylation sites (N-methyl/N-ethyl adjacent to an activating group) is 1. The minimum absolute atomic E-state index is 0.00713. The molecule has 0 aliphatic heterocycles. The average Bonchev–Trinajstić information content (AvgIpc) is 1.63. The fourth-order valence-corrected chi connectivity index (χ4v) is 0.359. The van der Waals surface area contributed by atoms with E-state index in [1.165, 1.54) is 4.90 Å². The number of nitrogens with zero attached hydrogens (tertiary/aromatic N) is 1. The van der Waals surface area contributed by atoms with E-state index >= 15 is 0 Å². The van der Waals surface area contributed by atoms with Crippen LogP contribution in [0.4, 0.5) is 0 Å². The highest BCUT2D eigenvalue weighted by Gasteiger charge is 1.98. The molecular formula is C5H11N3O. The molecule has 0 amide bonds. The van der Waals surface area contributed by atoms with Crippen LogP contribution in [0.15, 0.2) is 12.3 Å². The smallest absolute Gasteiger partial charge is 0.188 e. The summed E-state index contributed by atoms with van der Waals surface area (Å²) in [7, 11) is 1.60. The van der Waals surface area contributed by atoms with Crippen molar-refractivity contribution in [1.82, 2.24) is 4.90 Å². The lowest BCUT2D eigenvalue weighted by Gasteiger charge is -2.14. The van der Waals surface area contributed by atoms with Gasteiger partial charge in [-0.15, -0.1) is 0 Å². The maximum Gasteiger partial charge on any atom is 0.188 e. The number of rotatable bonds is 2. The van der Waals surface area contributed by atoms with Crippen LogP contribution < -0.4 is 5.73 Å². The maximum absolute atomic E-state index is 8.58. The summed E-state index contributed by atoms with van der Waals surface area (Å²) in [6.07, 6.45) is 0. The second kappa shape index (κ2) is 2.96. The van der Waals surface area contributed by atoms with Gasteiger partial charge in [0.05, 0.1) is 6.54 Å². The molecule has 0 rings (SSSR count). The summed E-state index contributed by atoms with van der Waals surface area (Å²) in [5, 5.41) is 15.4. The van der Waals surface area contributed by atoms with Crippen LogP contribution in [-0.2, 0) is 0 Å². The number of aliphatic hydroxyl groups excluding tert-OH is 1. The van der Waals surface area contributed by atoms with Gasteiger partial charge in [0.15, 0.2) is 5.96 Å². The van der Waals surface area contributed by atoms with Gasteiger partial charge in [0.1, 0.15) is 5.76 Å². The van der Waals surface area contributed by atoms with Gasteiger partial charge in [-0.3, -0.25) is 5.41 Å². The lowest BCUT2D eigenvalue weighted by Crippen LogP contribution is -2.34. The van der Waals surface area contributed by atoms with Crippen molar-refractivity contribution in [1.29, 1.82) is 5.41 Å². The fraction of sp³-hybridized carbons (Fsp3) is 0.400. The summed E-state index contributed by atoms with van der Waals surface area (Å²) in [6.45, 7) is 3.46. The molecule has 0 saturated carbocycles. The van der Waals surface area contributed by atoms with E-state index in [2.05, 4.69) is 6.58 Å². The van der Waals surface area contributed by atoms with Crippen molar-refractivity contribution in [2.24, 2.45) is 5.73 Å². The normalized spacial score (nSPS) is 8.56. The minimum Gasteiger partial charge on any atom is -0.511 e. The Morgan fingerprint density at radius 2 is 2.33 bits per heavy atom. The van der Waals surface area contributed by atoms with Crippen LogP contribution >= 0.6 is 0 Å². The van der Waals surface area contributed by atoms with Crippen LogP contribution in [0.25, 0.3) is 0 Å². The second-order valence-corrected chi connectivity index (χ2v) is 1.81. The third-order valence-corrected chi connectivity index (χ3v) is 0.831. The summed E-state index contributed by atoms with van der Waals surface area (Å²) in [5.41, 5.74) is 5.04. The van der Waals surface area contributed by atoms with Crippen molar-refractivity contribution in [3.05, 3.63) is 12.3 Å². The van der Waals surface area contributed by atoms with Crippen LogP contribution in [0, 0.1) is 5.41 Å². The molecule has 0 spiro atoms. The Balaban J connectivity index is 3.63. The summed E-state index contributed by atoms with van der Waals surface area (Å²) in [4.78, 5) is 1.38. The van der Waals surface area contributed by atoms with Crippen molar-refractivity contribution in [2.75, 3.05) is 13.6 Å². The molecule has 0 bridgehead atoms. The number of aliphatic hydroxyl groups is 1. The van der Waals surface area contributed by atoms with E-state index in [-0.39, 0.29) is 18.3 Å². The average molecular weight is 129 g/mol. The van der Waals surface area contributed by atoms with Crippen molar-refractivity contribution in [3.63, 3.8) is 0 Å². The topological polar surface area (TPSA) is 73.3 Å². The van der Waals surface area contributed by atoms with Crippen molar-refractivity contribution >= 4 is 5.96 Å². The van der Waals surface area contributed by atoms with E-state index in [0.29, 0.717) is 0 Å². The van der Waals surface area contributed by atoms with E-state index in [0.717, 1.165) is 0 Å². The van der Waals surface area contributed by atoms with Gasteiger partial charge in [-0.25, -0.2) is 0 Å². The Morgan fingerprint density at radius 1 is 1.89 bits per heavy atom. The lowest BCUT2D eigenvalue weighted by atomic mass is 10.5. The largest absolute Gasteiger partial charge is 0.511 e. The van der Waals surface area contributed by atoms with Crippen LogP contribution in [0.2, 0.25) is 0 Å². The Bertz CT molecular complexity index is 132. The van der Waals surface area contributed by atoms with E-state index in [1.54, 1.807) is 7.05 Å². The Hall–Kier alpha value is -1.19. The molecule has 0 fully saturated rings. The van der Waals surface area contributed by atoms with Gasteiger partial charge in [0.2, 0.25) is 0 Å². The van der Waals surface area contributed by atoms with Crippen LogP contribution in [0.1, 0.15) is 0 Å². The van der Waals surface area contributed by atoms with Gasteiger partial charge < -0.3 is 15.7 Å². The highest BCUT2D eigenvalue weighted by Crippen LogP contribution is 1.86. The van der Waals surface area contributed by atoms with E-state index in [1.807, 2.05) is 0 Å². The molecule has 0 heterocycles. The fourth-order valence-electron chi connectivity index (χ4n) is 0.359. The van der Waals surface area contributed by atoms with Crippen molar-refractivity contribution in [2.45, 2.75) is 0 Å². The summed E-state index contributed by atoms with van der Waals surface area (Å²) in [5.74, 6) is -0.0714. The molecular weight excluding hydrogens is 118 g/mol. The molecule has 52 valence electrons. The molecule has 0 radical (unpaired) electrons. The monoisotopic (exact) mass is 129 g/mol. The number of nitrogens with two attached hydrogens (primary N) is 1. The van der Waals surface area contributed by atoms with Crippen molar-refractivity contribution in [3.8, 4) is 0 Å². The molecule has 0 aromatic heterocycles. The van der Waals surface area contributed by atoms with Gasteiger partial charge in [-0.1, -0.05) is 6.58 Å². The number of guanidine groups is 1. The van der Waals surface area contributed by atoms with Gasteiger partial charge in [-0.05, 0) is 0 Å². The highest BCUT2D eigenvalue weighted by molar-refractivity contribution is 5.74. The predicted octanol–water partition coefficient (Wildman–Crippen LogP) is -0.117. The summed E-state index contributed by atoms with van der Waals surface area (Å²) < 4.78 is 0. The van der Waals surface area contributed by atoms with Crippen LogP contribution in [0.3, 0.4) is 0 Å². The lowest BCUT2D eigenvalue weighted by molar-refractivity contribution is 0.355. The minimum atomic E-state index is -0.0785. The first-order valence-electron chi connectivity index (χ1n) is 2.46. The molecule has 9 heavy (non-hydrogen) atoms. The summed E-state index contributed by atoms with van der Waals surface area (Å²) in [6, 6.07) is 0. The van der Waals surface area contributed by atoms with Gasteiger partial charge in [-0.2, -0.15) is 0 Å². The highest BCUT2D eigenvalue weighted by atomic mass is 16.3. The first-order chi connectivity index (χ1) is 4.04. The van der Waals surface area contributed by atoms with Gasteiger partial charge in [0, 0.05) is 7.05 Å². The van der Waals surface area contributed by atoms with Crippen LogP contribution in [-0.4, -0.2) is 29.6 Å². The zero-order chi connectivity index (χ0) is 7.44. The predicted molar refractivity (Wildman–Crippen MR) is 36.3 cm³/mol. The van der Waals surface area contributed by atoms with Crippen LogP contribution in [0.5, 0.6) is 0 Å². The Morgan fingerprint density at radius 3 is 2.44 bits per heavy atom. The van der Waals surface area contributed by atoms with Gasteiger partial charge in [0.25, 0.3) is 0 Å². The third-order valence-electron chi connectivity index (χ3n) is 0.831. The molecule has 4 heteroatoms. The maximum atomic E-state index is 8.58. The molecule has 0 aliphatic rings. The number of nitrogens with one attached hydrogen (secondary N) is 1. The molecule has 4 nitrogen and oxygen atoms in total. The third kappa shape index (κ3) is 3.40. The first kappa shape index (κ1) is 7.81. The molecule has 0 aliphatic carbocycles. The number of hydrogen-bond donors (Lipinski definition) is 3. The zero-order valence-electron chi connectivity index (χ0n) is 5.39. The van der Waals surface area contributed by atoms with E-state index in [4.69, 9.17) is 16.2 Å². The Kier molecular flexibility index (Phi) is 2.57. The second-order valence-electron chi connectivity index (χ2n) is 1.81. The number of hydrogen-bond acceptors (Lipinski definition) is 2. The van der Waals surface area contributed by atoms with E-state index in [9.17, 15) is 0 Å². The van der Waals surface area contributed by atoms with E-state index < -0.39 is 0 Å². The zero-order valence-corrected chi connectivity index (χ0v) is 5.39. The first-order valence-corrected chi connectivity index (χ1v) is 2.46. The standard InChI is InChI=1S/C5H11N3O/c1-4(9)3-8(2)5(6)7/h9H,1,3H2,2H3,(H3,6,7). The molecule has 4 N–H and O–H groups in total. The molecule has 0 atom stereocenters. The Labute approximate surface area is 54.1 Å². The molecule has 0 unspecified atom stereocenters.